The van der Waals surface area contributed by atoms with E-state index in [1.807, 2.05) is 25.7 Å². The van der Waals surface area contributed by atoms with Crippen LogP contribution in [-0.2, 0) is 14.4 Å². The Morgan fingerprint density at radius 2 is 1.79 bits per heavy atom. The summed E-state index contributed by atoms with van der Waals surface area (Å²) in [7, 11) is 1.54. The largest absolute Gasteiger partial charge is 0.339 e. The standard InChI is InChI=1S/C19H30N2O3/c1-6-13-9-7-8-12-21(13)16(24)19-11-10-18(4,17(19,2)3)14(22)20(5)15(19)23/h13H,6-12H2,1-5H3/t13-,18+,19-/m1/s1. The molecule has 0 aromatic carbocycles. The molecule has 1 aliphatic carbocycles. The van der Waals surface area contributed by atoms with E-state index in [0.717, 1.165) is 32.2 Å². The van der Waals surface area contributed by atoms with Crippen molar-refractivity contribution in [3.8, 4) is 0 Å². The Hall–Kier alpha value is -1.39. The highest BCUT2D eigenvalue weighted by molar-refractivity contribution is 6.15. The van der Waals surface area contributed by atoms with Crippen molar-refractivity contribution in [2.24, 2.45) is 16.2 Å². The van der Waals surface area contributed by atoms with E-state index in [2.05, 4.69) is 6.92 Å². The van der Waals surface area contributed by atoms with E-state index in [1.54, 1.807) is 7.05 Å². The molecule has 5 heteroatoms. The smallest absolute Gasteiger partial charge is 0.245 e. The normalized spacial score (nSPS) is 38.6. The van der Waals surface area contributed by atoms with Gasteiger partial charge in [-0.15, -0.1) is 0 Å². The van der Waals surface area contributed by atoms with Gasteiger partial charge in [0.05, 0.1) is 5.41 Å². The van der Waals surface area contributed by atoms with Crippen molar-refractivity contribution in [1.29, 1.82) is 0 Å². The lowest BCUT2D eigenvalue weighted by atomic mass is 9.55. The van der Waals surface area contributed by atoms with Crippen molar-refractivity contribution in [1.82, 2.24) is 9.80 Å². The zero-order valence-electron chi connectivity index (χ0n) is 15.6. The number of carbonyl (C=O) groups is 3. The first kappa shape index (κ1) is 17.4. The first-order chi connectivity index (χ1) is 11.1. The van der Waals surface area contributed by atoms with Crippen LogP contribution in [0.1, 0.15) is 66.2 Å². The molecule has 3 atom stereocenters. The molecule has 3 rings (SSSR count). The molecule has 5 nitrogen and oxygen atoms in total. The molecule has 2 saturated heterocycles. The number of imide groups is 1. The van der Waals surface area contributed by atoms with Crippen LogP contribution in [0.5, 0.6) is 0 Å². The van der Waals surface area contributed by atoms with E-state index < -0.39 is 16.2 Å². The number of fused-ring (bicyclic) bond motifs is 2. The highest BCUT2D eigenvalue weighted by atomic mass is 16.2. The second-order valence-electron chi connectivity index (χ2n) is 8.59. The Morgan fingerprint density at radius 3 is 2.42 bits per heavy atom. The minimum atomic E-state index is -1.09. The number of hydrogen-bond acceptors (Lipinski definition) is 3. The molecule has 1 saturated carbocycles. The number of nitrogens with zero attached hydrogens (tertiary/aromatic N) is 2. The summed E-state index contributed by atoms with van der Waals surface area (Å²) in [5.41, 5.74) is -2.40. The maximum absolute atomic E-state index is 13.7. The number of hydrogen-bond donors (Lipinski definition) is 0. The van der Waals surface area contributed by atoms with Crippen LogP contribution in [0.15, 0.2) is 0 Å². The molecule has 0 aromatic rings. The van der Waals surface area contributed by atoms with Crippen molar-refractivity contribution in [3.63, 3.8) is 0 Å². The Labute approximate surface area is 144 Å². The summed E-state index contributed by atoms with van der Waals surface area (Å²) in [4.78, 5) is 42.9. The third kappa shape index (κ3) is 1.79. The molecular weight excluding hydrogens is 304 g/mol. The zero-order valence-corrected chi connectivity index (χ0v) is 15.6. The Bertz CT molecular complexity index is 599. The lowest BCUT2D eigenvalue weighted by Gasteiger charge is -2.54. The molecule has 0 radical (unpaired) electrons. The fourth-order valence-electron chi connectivity index (χ4n) is 5.43. The first-order valence-corrected chi connectivity index (χ1v) is 9.29. The van der Waals surface area contributed by atoms with E-state index >= 15 is 0 Å². The molecule has 2 heterocycles. The third-order valence-corrected chi connectivity index (χ3v) is 7.62. The number of piperidine rings is 2. The molecule has 0 unspecified atom stereocenters. The molecule has 3 amide bonds. The Balaban J connectivity index is 2.09. The van der Waals surface area contributed by atoms with Crippen LogP contribution in [0.4, 0.5) is 0 Å². The van der Waals surface area contributed by atoms with Crippen LogP contribution in [0.25, 0.3) is 0 Å². The maximum atomic E-state index is 13.7. The predicted molar refractivity (Wildman–Crippen MR) is 91.0 cm³/mol. The van der Waals surface area contributed by atoms with Gasteiger partial charge >= 0.3 is 0 Å². The van der Waals surface area contributed by atoms with Gasteiger partial charge in [0.2, 0.25) is 17.7 Å². The molecule has 0 N–H and O–H groups in total. The average Bonchev–Trinajstić information content (AvgIpc) is 2.75. The molecule has 2 bridgehead atoms. The fraction of sp³-hybridized carbons (Fsp3) is 0.842. The highest BCUT2D eigenvalue weighted by Crippen LogP contribution is 2.67. The van der Waals surface area contributed by atoms with E-state index in [-0.39, 0.29) is 23.8 Å². The van der Waals surface area contributed by atoms with Gasteiger partial charge < -0.3 is 4.90 Å². The van der Waals surface area contributed by atoms with Gasteiger partial charge in [-0.25, -0.2) is 0 Å². The van der Waals surface area contributed by atoms with Crippen LogP contribution in [0, 0.1) is 16.2 Å². The molecule has 2 aliphatic heterocycles. The quantitative estimate of drug-likeness (QED) is 0.576. The van der Waals surface area contributed by atoms with E-state index in [9.17, 15) is 14.4 Å². The summed E-state index contributed by atoms with van der Waals surface area (Å²) in [5, 5.41) is 0. The fourth-order valence-corrected chi connectivity index (χ4v) is 5.43. The van der Waals surface area contributed by atoms with Gasteiger partial charge in [0.15, 0.2) is 0 Å². The van der Waals surface area contributed by atoms with Gasteiger partial charge in [0, 0.05) is 25.0 Å². The van der Waals surface area contributed by atoms with Crippen molar-refractivity contribution in [3.05, 3.63) is 0 Å². The Morgan fingerprint density at radius 1 is 1.12 bits per heavy atom. The second kappa shape index (κ2) is 5.30. The minimum absolute atomic E-state index is 0.0351. The van der Waals surface area contributed by atoms with E-state index in [0.29, 0.717) is 12.8 Å². The van der Waals surface area contributed by atoms with E-state index in [4.69, 9.17) is 0 Å². The van der Waals surface area contributed by atoms with Crippen molar-refractivity contribution >= 4 is 17.7 Å². The molecule has 24 heavy (non-hydrogen) atoms. The summed E-state index contributed by atoms with van der Waals surface area (Å²) in [6, 6.07) is 0.221. The van der Waals surface area contributed by atoms with Gasteiger partial charge in [-0.3, -0.25) is 19.3 Å². The van der Waals surface area contributed by atoms with Gasteiger partial charge in [0.25, 0.3) is 0 Å². The number of rotatable bonds is 2. The molecule has 0 aromatic heterocycles. The number of likely N-dealkylation sites (tertiary alicyclic amines) is 2. The van der Waals surface area contributed by atoms with Crippen LogP contribution in [-0.4, -0.2) is 47.2 Å². The summed E-state index contributed by atoms with van der Waals surface area (Å²) in [5.74, 6) is -0.464. The molecular formula is C19H30N2O3. The van der Waals surface area contributed by atoms with Gasteiger partial charge in [-0.2, -0.15) is 0 Å². The van der Waals surface area contributed by atoms with Crippen LogP contribution in [0.2, 0.25) is 0 Å². The lowest BCUT2D eigenvalue weighted by molar-refractivity contribution is -0.183. The molecule has 3 aliphatic rings. The molecule has 0 spiro atoms. The first-order valence-electron chi connectivity index (χ1n) is 9.29. The summed E-state index contributed by atoms with van der Waals surface area (Å²) in [6.07, 6.45) is 5.16. The number of carbonyl (C=O) groups excluding carboxylic acids is 3. The zero-order chi connectivity index (χ0) is 17.9. The van der Waals surface area contributed by atoms with Crippen LogP contribution < -0.4 is 0 Å². The summed E-state index contributed by atoms with van der Waals surface area (Å²) >= 11 is 0. The van der Waals surface area contributed by atoms with Crippen LogP contribution in [0.3, 0.4) is 0 Å². The molecule has 134 valence electrons. The van der Waals surface area contributed by atoms with Gasteiger partial charge in [0.1, 0.15) is 5.41 Å². The topological polar surface area (TPSA) is 57.7 Å². The van der Waals surface area contributed by atoms with E-state index in [1.165, 1.54) is 4.90 Å². The SMILES string of the molecule is CC[C@@H]1CCCCN1C(=O)[C@@]12CC[C@@](C)(C(=O)N(C)C1=O)C2(C)C. The van der Waals surface area contributed by atoms with Gasteiger partial charge in [-0.05, 0) is 38.5 Å². The second-order valence-corrected chi connectivity index (χ2v) is 8.59. The summed E-state index contributed by atoms with van der Waals surface area (Å²) < 4.78 is 0. The van der Waals surface area contributed by atoms with Crippen molar-refractivity contribution in [2.45, 2.75) is 72.3 Å². The summed E-state index contributed by atoms with van der Waals surface area (Å²) in [6.45, 7) is 8.67. The average molecular weight is 334 g/mol. The lowest BCUT2D eigenvalue weighted by Crippen LogP contribution is -2.68. The maximum Gasteiger partial charge on any atom is 0.245 e. The number of amides is 3. The van der Waals surface area contributed by atoms with Crippen molar-refractivity contribution in [2.75, 3.05) is 13.6 Å². The predicted octanol–water partition coefficient (Wildman–Crippen LogP) is 2.59. The highest BCUT2D eigenvalue weighted by Gasteiger charge is 2.75. The van der Waals surface area contributed by atoms with Crippen molar-refractivity contribution < 1.29 is 14.4 Å². The monoisotopic (exact) mass is 334 g/mol. The third-order valence-electron chi connectivity index (χ3n) is 7.62. The van der Waals surface area contributed by atoms with Gasteiger partial charge in [-0.1, -0.05) is 27.7 Å². The minimum Gasteiger partial charge on any atom is -0.339 e. The van der Waals surface area contributed by atoms with Crippen LogP contribution >= 0.6 is 0 Å². The Kier molecular flexibility index (Phi) is 3.85. The molecule has 3 fully saturated rings.